The third-order valence-electron chi connectivity index (χ3n) is 13.7. The van der Waals surface area contributed by atoms with Gasteiger partial charge in [-0.25, -0.2) is 0 Å². The van der Waals surface area contributed by atoms with Gasteiger partial charge < -0.3 is 4.57 Å². The van der Waals surface area contributed by atoms with Gasteiger partial charge in [-0.05, 0) is 104 Å². The van der Waals surface area contributed by atoms with E-state index in [1.54, 1.807) is 0 Å². The Bertz CT molecular complexity index is 3820. The average Bonchev–Trinajstić information content (AvgIpc) is 4.01. The van der Waals surface area contributed by atoms with Gasteiger partial charge >= 0.3 is 0 Å². The SMILES string of the molecule is O=c1c2ccccc2c2cc(-c3ccc4c(c3)c3ccccc3n4-c3ccccc3)cc3c4ccc5c(c4n1c23)-c1ccccc1C51c2ccccc2-c2ccccc21. The smallest absolute Gasteiger partial charge is 0.263 e. The fourth-order valence-electron chi connectivity index (χ4n) is 11.4. The number of rotatable bonds is 2. The van der Waals surface area contributed by atoms with E-state index in [0.717, 1.165) is 60.3 Å². The quantitative estimate of drug-likeness (QED) is 0.162. The lowest BCUT2D eigenvalue weighted by molar-refractivity contribution is 0.794. The molecule has 0 saturated heterocycles. The number of fused-ring (bicyclic) bond motifs is 19. The molecule has 3 heterocycles. The van der Waals surface area contributed by atoms with Crippen molar-refractivity contribution in [3.05, 3.63) is 227 Å². The molecule has 0 fully saturated rings. The third kappa shape index (κ3) is 3.72. The maximum absolute atomic E-state index is 15.1. The first-order valence-electron chi connectivity index (χ1n) is 20.4. The second-order valence-corrected chi connectivity index (χ2v) is 16.3. The minimum Gasteiger partial charge on any atom is -0.309 e. The normalized spacial score (nSPS) is 13.6. The Morgan fingerprint density at radius 1 is 0.356 bits per heavy atom. The molecule has 12 aromatic rings. The van der Waals surface area contributed by atoms with Gasteiger partial charge in [-0.2, -0.15) is 0 Å². The van der Waals surface area contributed by atoms with E-state index in [2.05, 4.69) is 191 Å². The molecule has 0 radical (unpaired) electrons. The molecule has 2 aliphatic rings. The van der Waals surface area contributed by atoms with E-state index in [1.807, 2.05) is 12.1 Å². The molecule has 3 aromatic heterocycles. The molecule has 0 bridgehead atoms. The Labute approximate surface area is 338 Å². The molecular weight excluding hydrogens is 717 g/mol. The number of para-hydroxylation sites is 2. The lowest BCUT2D eigenvalue weighted by Crippen LogP contribution is -2.25. The zero-order chi connectivity index (χ0) is 38.6. The molecule has 0 saturated carbocycles. The summed E-state index contributed by atoms with van der Waals surface area (Å²) in [7, 11) is 0. The summed E-state index contributed by atoms with van der Waals surface area (Å²) in [6.07, 6.45) is 0. The van der Waals surface area contributed by atoms with Gasteiger partial charge in [0.1, 0.15) is 0 Å². The van der Waals surface area contributed by atoms with Crippen molar-refractivity contribution in [3.63, 3.8) is 0 Å². The standard InChI is InChI=1S/C56H32N2O/c59-55-41-20-5-4-16-36(41)44-31-34(33-26-29-51-43(30-33)39-19-9-13-25-50(39)57(51)35-14-2-1-3-15-35)32-45-40-27-28-49-52(54(40)58(55)53(44)45)42-21-8-12-24-48(42)56(49)46-22-10-6-17-37(46)38-18-7-11-23-47(38)56/h1-32H. The van der Waals surface area contributed by atoms with Crippen molar-refractivity contribution in [2.45, 2.75) is 5.41 Å². The fraction of sp³-hybridized carbons (Fsp3) is 0.0179. The summed E-state index contributed by atoms with van der Waals surface area (Å²) in [5, 5.41) is 7.42. The third-order valence-corrected chi connectivity index (χ3v) is 13.7. The number of hydrogen-bond acceptors (Lipinski definition) is 1. The minimum atomic E-state index is -0.498. The van der Waals surface area contributed by atoms with Crippen LogP contribution in [-0.4, -0.2) is 8.97 Å². The molecule has 272 valence electrons. The van der Waals surface area contributed by atoms with Crippen LogP contribution in [0.1, 0.15) is 22.3 Å². The maximum atomic E-state index is 15.1. The molecule has 3 heteroatoms. The number of benzene rings is 9. The van der Waals surface area contributed by atoms with Crippen LogP contribution < -0.4 is 5.56 Å². The van der Waals surface area contributed by atoms with Crippen LogP contribution in [0.3, 0.4) is 0 Å². The first-order chi connectivity index (χ1) is 29.2. The second kappa shape index (κ2) is 11.0. The maximum Gasteiger partial charge on any atom is 0.263 e. The molecule has 0 unspecified atom stereocenters. The van der Waals surface area contributed by atoms with E-state index in [0.29, 0.717) is 0 Å². The van der Waals surface area contributed by atoms with Crippen molar-refractivity contribution in [2.24, 2.45) is 0 Å². The highest BCUT2D eigenvalue weighted by Crippen LogP contribution is 2.64. The van der Waals surface area contributed by atoms with Gasteiger partial charge in [0.15, 0.2) is 0 Å². The number of pyridine rings is 1. The predicted octanol–water partition coefficient (Wildman–Crippen LogP) is 13.3. The predicted molar refractivity (Wildman–Crippen MR) is 243 cm³/mol. The topological polar surface area (TPSA) is 26.4 Å². The van der Waals surface area contributed by atoms with Gasteiger partial charge in [-0.15, -0.1) is 0 Å². The van der Waals surface area contributed by atoms with E-state index in [4.69, 9.17) is 0 Å². The van der Waals surface area contributed by atoms with Gasteiger partial charge in [-0.1, -0.05) is 146 Å². The lowest BCUT2D eigenvalue weighted by atomic mass is 9.70. The van der Waals surface area contributed by atoms with Crippen LogP contribution >= 0.6 is 0 Å². The van der Waals surface area contributed by atoms with Crippen LogP contribution in [0.15, 0.2) is 199 Å². The minimum absolute atomic E-state index is 0.0232. The summed E-state index contributed by atoms with van der Waals surface area (Å²) < 4.78 is 4.42. The second-order valence-electron chi connectivity index (χ2n) is 16.3. The summed E-state index contributed by atoms with van der Waals surface area (Å²) in [6, 6.07) is 70.4. The van der Waals surface area contributed by atoms with E-state index in [-0.39, 0.29) is 5.56 Å². The summed E-state index contributed by atoms with van der Waals surface area (Å²) >= 11 is 0. The van der Waals surface area contributed by atoms with E-state index >= 15 is 4.79 Å². The van der Waals surface area contributed by atoms with Crippen molar-refractivity contribution in [1.82, 2.24) is 8.97 Å². The van der Waals surface area contributed by atoms with Crippen LogP contribution in [0.25, 0.3) is 98.8 Å². The van der Waals surface area contributed by atoms with Crippen molar-refractivity contribution >= 4 is 59.8 Å². The Kier molecular flexibility index (Phi) is 5.85. The van der Waals surface area contributed by atoms with Crippen molar-refractivity contribution in [3.8, 4) is 39.1 Å². The van der Waals surface area contributed by atoms with Gasteiger partial charge in [0.25, 0.3) is 5.56 Å². The van der Waals surface area contributed by atoms with Gasteiger partial charge in [0.05, 0.1) is 27.5 Å². The summed E-state index contributed by atoms with van der Waals surface area (Å²) in [4.78, 5) is 15.1. The molecule has 0 aliphatic heterocycles. The summed E-state index contributed by atoms with van der Waals surface area (Å²) in [5.41, 5.74) is 17.2. The van der Waals surface area contributed by atoms with Crippen LogP contribution in [0.4, 0.5) is 0 Å². The monoisotopic (exact) mass is 748 g/mol. The van der Waals surface area contributed by atoms with Crippen LogP contribution in [-0.2, 0) is 5.41 Å². The van der Waals surface area contributed by atoms with Gasteiger partial charge in [-0.3, -0.25) is 9.20 Å². The average molecular weight is 749 g/mol. The van der Waals surface area contributed by atoms with Crippen molar-refractivity contribution in [2.75, 3.05) is 0 Å². The zero-order valence-electron chi connectivity index (χ0n) is 31.8. The van der Waals surface area contributed by atoms with Gasteiger partial charge in [0, 0.05) is 43.6 Å². The first-order valence-corrected chi connectivity index (χ1v) is 20.4. The van der Waals surface area contributed by atoms with Crippen molar-refractivity contribution < 1.29 is 0 Å². The molecule has 1 spiro atoms. The fourth-order valence-corrected chi connectivity index (χ4v) is 11.4. The Morgan fingerprint density at radius 2 is 0.915 bits per heavy atom. The molecule has 9 aromatic carbocycles. The zero-order valence-corrected chi connectivity index (χ0v) is 31.8. The molecule has 59 heavy (non-hydrogen) atoms. The van der Waals surface area contributed by atoms with Crippen LogP contribution in [0.5, 0.6) is 0 Å². The molecule has 2 aliphatic carbocycles. The molecule has 0 atom stereocenters. The summed E-state index contributed by atoms with van der Waals surface area (Å²) in [5.74, 6) is 0. The van der Waals surface area contributed by atoms with E-state index in [9.17, 15) is 0 Å². The Hall–Kier alpha value is -7.75. The number of aromatic nitrogens is 2. The highest BCUT2D eigenvalue weighted by atomic mass is 16.1. The molecular formula is C56H32N2O. The molecule has 3 nitrogen and oxygen atoms in total. The highest BCUT2D eigenvalue weighted by Gasteiger charge is 2.52. The molecule has 0 N–H and O–H groups in total. The van der Waals surface area contributed by atoms with Gasteiger partial charge in [0.2, 0.25) is 0 Å². The largest absolute Gasteiger partial charge is 0.309 e. The first kappa shape index (κ1) is 31.3. The Morgan fingerprint density at radius 3 is 1.66 bits per heavy atom. The molecule has 14 rings (SSSR count). The highest BCUT2D eigenvalue weighted by molar-refractivity contribution is 6.24. The Balaban J connectivity index is 1.11. The van der Waals surface area contributed by atoms with E-state index < -0.39 is 5.41 Å². The van der Waals surface area contributed by atoms with Crippen molar-refractivity contribution in [1.29, 1.82) is 0 Å². The van der Waals surface area contributed by atoms with E-state index in [1.165, 1.54) is 60.8 Å². The summed E-state index contributed by atoms with van der Waals surface area (Å²) in [6.45, 7) is 0. The lowest BCUT2D eigenvalue weighted by Gasteiger charge is -2.30. The van der Waals surface area contributed by atoms with Crippen LogP contribution in [0.2, 0.25) is 0 Å². The number of nitrogens with zero attached hydrogens (tertiary/aromatic N) is 2. The molecule has 0 amide bonds. The van der Waals surface area contributed by atoms with Crippen LogP contribution in [0, 0.1) is 0 Å². The number of hydrogen-bond donors (Lipinski definition) is 0.